The molecule has 0 saturated carbocycles. The van der Waals surface area contributed by atoms with Gasteiger partial charge in [-0.25, -0.2) is 0 Å². The molecule has 2 aromatic carbocycles. The number of ketones is 1. The van der Waals surface area contributed by atoms with Crippen LogP contribution >= 0.6 is 0 Å². The summed E-state index contributed by atoms with van der Waals surface area (Å²) in [6.45, 7) is 0. The van der Waals surface area contributed by atoms with E-state index in [0.717, 1.165) is 51.7 Å². The van der Waals surface area contributed by atoms with Gasteiger partial charge in [0.1, 0.15) is 0 Å². The standard InChI is InChI=1S/C23H20N2O3/c1-28-20-12-13(7-10-18(20)26)23-22-15(4-2-6-19(22)27)21-14-5-3-11-24-16(14)8-9-17(21)25-23/h3,5,7-12,23,25-26H,2,4,6H2,1H3/t23-/m0/s1. The zero-order chi connectivity index (χ0) is 19.3. The maximum Gasteiger partial charge on any atom is 0.161 e. The fourth-order valence-corrected chi connectivity index (χ4v) is 4.41. The van der Waals surface area contributed by atoms with Crippen LogP contribution in [0.1, 0.15) is 36.4 Å². The number of phenolic OH excluding ortho intramolecular Hbond substituents is 1. The first-order chi connectivity index (χ1) is 13.7. The largest absolute Gasteiger partial charge is 0.504 e. The monoisotopic (exact) mass is 372 g/mol. The first-order valence-electron chi connectivity index (χ1n) is 9.45. The lowest BCUT2D eigenvalue weighted by Crippen LogP contribution is -2.27. The minimum atomic E-state index is -0.265. The van der Waals surface area contributed by atoms with Crippen LogP contribution in [0.2, 0.25) is 0 Å². The Hall–Kier alpha value is -3.34. The van der Waals surface area contributed by atoms with Crippen molar-refractivity contribution in [3.8, 4) is 11.5 Å². The lowest BCUT2D eigenvalue weighted by Gasteiger charge is -2.35. The smallest absolute Gasteiger partial charge is 0.161 e. The summed E-state index contributed by atoms with van der Waals surface area (Å²) in [5.41, 5.74) is 5.86. The van der Waals surface area contributed by atoms with Crippen molar-refractivity contribution in [2.24, 2.45) is 0 Å². The molecule has 2 N–H and O–H groups in total. The van der Waals surface area contributed by atoms with E-state index >= 15 is 0 Å². The molecule has 0 unspecified atom stereocenters. The summed E-state index contributed by atoms with van der Waals surface area (Å²) in [5.74, 6) is 0.666. The van der Waals surface area contributed by atoms with Gasteiger partial charge in [0.25, 0.3) is 0 Å². The highest BCUT2D eigenvalue weighted by atomic mass is 16.5. The molecule has 1 atom stereocenters. The highest BCUT2D eigenvalue weighted by molar-refractivity contribution is 6.12. The predicted octanol–water partition coefficient (Wildman–Crippen LogP) is 4.62. The average Bonchev–Trinajstić information content (AvgIpc) is 2.73. The van der Waals surface area contributed by atoms with Crippen LogP contribution in [-0.4, -0.2) is 23.0 Å². The van der Waals surface area contributed by atoms with Gasteiger partial charge < -0.3 is 15.2 Å². The van der Waals surface area contributed by atoms with E-state index in [9.17, 15) is 9.90 Å². The second-order valence-electron chi connectivity index (χ2n) is 7.24. The molecule has 0 bridgehead atoms. The van der Waals surface area contributed by atoms with Crippen LogP contribution in [0.25, 0.3) is 16.5 Å². The molecule has 5 heteroatoms. The topological polar surface area (TPSA) is 71.5 Å². The molecular formula is C23H20N2O3. The Bertz CT molecular complexity index is 1150. The van der Waals surface area contributed by atoms with Crippen molar-refractivity contribution in [3.05, 3.63) is 65.4 Å². The summed E-state index contributed by atoms with van der Waals surface area (Å²) in [4.78, 5) is 17.5. The second kappa shape index (κ2) is 6.37. The number of hydrogen-bond donors (Lipinski definition) is 2. The van der Waals surface area contributed by atoms with Gasteiger partial charge in [0.2, 0.25) is 0 Å². The molecule has 1 aliphatic heterocycles. The van der Waals surface area contributed by atoms with Crippen LogP contribution in [-0.2, 0) is 4.79 Å². The van der Waals surface area contributed by atoms with E-state index in [1.54, 1.807) is 18.3 Å². The van der Waals surface area contributed by atoms with E-state index in [-0.39, 0.29) is 17.6 Å². The minimum Gasteiger partial charge on any atom is -0.504 e. The lowest BCUT2D eigenvalue weighted by atomic mass is 9.77. The Balaban J connectivity index is 1.76. The molecular weight excluding hydrogens is 352 g/mol. The fourth-order valence-electron chi connectivity index (χ4n) is 4.41. The molecule has 140 valence electrons. The number of hydrogen-bond acceptors (Lipinski definition) is 5. The highest BCUT2D eigenvalue weighted by Crippen LogP contribution is 2.48. The van der Waals surface area contributed by atoms with Gasteiger partial charge in [-0.05, 0) is 54.3 Å². The first kappa shape index (κ1) is 16.8. The van der Waals surface area contributed by atoms with Crippen molar-refractivity contribution in [1.29, 1.82) is 0 Å². The molecule has 0 radical (unpaired) electrons. The number of aromatic hydroxyl groups is 1. The van der Waals surface area contributed by atoms with Crippen molar-refractivity contribution in [2.75, 3.05) is 12.4 Å². The van der Waals surface area contributed by atoms with E-state index in [1.165, 1.54) is 7.11 Å². The number of fused-ring (bicyclic) bond motifs is 4. The van der Waals surface area contributed by atoms with Crippen LogP contribution < -0.4 is 10.1 Å². The van der Waals surface area contributed by atoms with Crippen molar-refractivity contribution in [1.82, 2.24) is 4.98 Å². The lowest BCUT2D eigenvalue weighted by molar-refractivity contribution is -0.116. The SMILES string of the molecule is COc1cc([C@@H]2Nc3ccc4ncccc4c3C3=C2C(=O)CCC3)ccc1O. The van der Waals surface area contributed by atoms with Gasteiger partial charge in [-0.2, -0.15) is 0 Å². The zero-order valence-corrected chi connectivity index (χ0v) is 15.5. The van der Waals surface area contributed by atoms with Gasteiger partial charge in [0, 0.05) is 34.8 Å². The summed E-state index contributed by atoms with van der Waals surface area (Å²) >= 11 is 0. The van der Waals surface area contributed by atoms with Crippen LogP contribution in [0, 0.1) is 0 Å². The minimum absolute atomic E-state index is 0.0868. The van der Waals surface area contributed by atoms with Gasteiger partial charge in [-0.15, -0.1) is 0 Å². The molecule has 2 aliphatic rings. The highest BCUT2D eigenvalue weighted by Gasteiger charge is 2.35. The molecule has 3 aromatic rings. The van der Waals surface area contributed by atoms with E-state index in [0.29, 0.717) is 12.2 Å². The van der Waals surface area contributed by atoms with Gasteiger partial charge >= 0.3 is 0 Å². The summed E-state index contributed by atoms with van der Waals surface area (Å²) in [7, 11) is 1.53. The summed E-state index contributed by atoms with van der Waals surface area (Å²) in [6, 6.07) is 13.0. The van der Waals surface area contributed by atoms with Crippen molar-refractivity contribution < 1.29 is 14.6 Å². The maximum atomic E-state index is 13.0. The molecule has 28 heavy (non-hydrogen) atoms. The number of nitrogens with one attached hydrogen (secondary N) is 1. The number of ether oxygens (including phenoxy) is 1. The molecule has 0 saturated heterocycles. The molecule has 5 nitrogen and oxygen atoms in total. The van der Waals surface area contributed by atoms with Crippen molar-refractivity contribution in [3.63, 3.8) is 0 Å². The molecule has 0 fully saturated rings. The molecule has 1 aromatic heterocycles. The van der Waals surface area contributed by atoms with E-state index in [4.69, 9.17) is 4.74 Å². The number of methoxy groups -OCH3 is 1. The van der Waals surface area contributed by atoms with Crippen LogP contribution in [0.3, 0.4) is 0 Å². The number of benzene rings is 2. The molecule has 5 rings (SSSR count). The van der Waals surface area contributed by atoms with E-state index < -0.39 is 0 Å². The number of aromatic nitrogens is 1. The third kappa shape index (κ3) is 2.47. The number of carbonyl (C=O) groups excluding carboxylic acids is 1. The Kier molecular flexibility index (Phi) is 3.83. The van der Waals surface area contributed by atoms with Gasteiger partial charge in [-0.3, -0.25) is 9.78 Å². The summed E-state index contributed by atoms with van der Waals surface area (Å²) in [6.07, 6.45) is 4.08. The fraction of sp³-hybridized carbons (Fsp3) is 0.217. The third-order valence-electron chi connectivity index (χ3n) is 5.67. The maximum absolute atomic E-state index is 13.0. The number of rotatable bonds is 2. The number of nitrogens with zero attached hydrogens (tertiary/aromatic N) is 1. The van der Waals surface area contributed by atoms with Crippen LogP contribution in [0.15, 0.2) is 54.2 Å². The van der Waals surface area contributed by atoms with Crippen LogP contribution in [0.4, 0.5) is 5.69 Å². The number of Topliss-reactive ketones (excluding diaryl/α,β-unsaturated/α-hetero) is 1. The van der Waals surface area contributed by atoms with E-state index in [2.05, 4.69) is 16.4 Å². The Morgan fingerprint density at radius 2 is 2.07 bits per heavy atom. The van der Waals surface area contributed by atoms with Gasteiger partial charge in [0.15, 0.2) is 17.3 Å². The summed E-state index contributed by atoms with van der Waals surface area (Å²) in [5, 5.41) is 14.6. The van der Waals surface area contributed by atoms with Gasteiger partial charge in [0.05, 0.1) is 18.7 Å². The predicted molar refractivity (Wildman–Crippen MR) is 109 cm³/mol. The molecule has 1 aliphatic carbocycles. The number of allylic oxidation sites excluding steroid dienone is 1. The second-order valence-corrected chi connectivity index (χ2v) is 7.24. The number of carbonyl (C=O) groups is 1. The van der Waals surface area contributed by atoms with Crippen LogP contribution in [0.5, 0.6) is 11.5 Å². The molecule has 2 heterocycles. The van der Waals surface area contributed by atoms with Crippen molar-refractivity contribution >= 4 is 27.9 Å². The van der Waals surface area contributed by atoms with Gasteiger partial charge in [-0.1, -0.05) is 12.1 Å². The van der Waals surface area contributed by atoms with Crippen molar-refractivity contribution in [2.45, 2.75) is 25.3 Å². The quantitative estimate of drug-likeness (QED) is 0.687. The Morgan fingerprint density at radius 3 is 2.93 bits per heavy atom. The number of pyridine rings is 1. The zero-order valence-electron chi connectivity index (χ0n) is 15.5. The average molecular weight is 372 g/mol. The molecule has 0 spiro atoms. The third-order valence-corrected chi connectivity index (χ3v) is 5.67. The molecule has 0 amide bonds. The Morgan fingerprint density at radius 1 is 1.18 bits per heavy atom. The first-order valence-corrected chi connectivity index (χ1v) is 9.45. The Labute approximate surface area is 162 Å². The summed E-state index contributed by atoms with van der Waals surface area (Å²) < 4.78 is 5.28. The van der Waals surface area contributed by atoms with E-state index in [1.807, 2.05) is 24.3 Å². The number of anilines is 1. The number of phenols is 1. The normalized spacial score (nSPS) is 18.5.